The minimum atomic E-state index is -0.0390. The molecule has 8 heteroatoms. The molecule has 182 valence electrons. The van der Waals surface area contributed by atoms with Crippen molar-refractivity contribution in [2.24, 2.45) is 0 Å². The van der Waals surface area contributed by atoms with Crippen molar-refractivity contribution in [1.82, 2.24) is 14.9 Å². The third-order valence-corrected chi connectivity index (χ3v) is 8.03. The summed E-state index contributed by atoms with van der Waals surface area (Å²) in [5.41, 5.74) is 2.14. The van der Waals surface area contributed by atoms with Crippen LogP contribution in [0.5, 0.6) is 0 Å². The quantitative estimate of drug-likeness (QED) is 0.163. The van der Waals surface area contributed by atoms with Gasteiger partial charge in [-0.15, -0.1) is 11.3 Å². The first-order valence-corrected chi connectivity index (χ1v) is 13.9. The van der Waals surface area contributed by atoms with Gasteiger partial charge in [0, 0.05) is 29.8 Å². The Hall–Kier alpha value is -2.16. The number of thioether (sulfide) groups is 1. The second-order valence-corrected chi connectivity index (χ2v) is 10.9. The monoisotopic (exact) mass is 499 g/mol. The molecule has 1 aliphatic rings. The van der Waals surface area contributed by atoms with Crippen LogP contribution in [-0.2, 0) is 16.1 Å². The predicted molar refractivity (Wildman–Crippen MR) is 142 cm³/mol. The summed E-state index contributed by atoms with van der Waals surface area (Å²) >= 11 is 2.82. The molecule has 1 amide bonds. The first kappa shape index (κ1) is 24.9. The number of hydrogen-bond acceptors (Lipinski definition) is 6. The minimum absolute atomic E-state index is 0.0272. The van der Waals surface area contributed by atoms with Crippen molar-refractivity contribution < 1.29 is 9.53 Å². The Morgan fingerprint density at radius 2 is 2.15 bits per heavy atom. The molecule has 3 aromatic rings. The molecule has 2 heterocycles. The molecule has 1 aromatic carbocycles. The summed E-state index contributed by atoms with van der Waals surface area (Å²) in [7, 11) is 0. The maximum Gasteiger partial charge on any atom is 0.272 e. The molecule has 0 saturated carbocycles. The average molecular weight is 500 g/mol. The largest absolute Gasteiger partial charge is 0.379 e. The van der Waals surface area contributed by atoms with Crippen molar-refractivity contribution >= 4 is 49.3 Å². The zero-order valence-electron chi connectivity index (χ0n) is 20.0. The van der Waals surface area contributed by atoms with Gasteiger partial charge < -0.3 is 10.1 Å². The lowest BCUT2D eigenvalue weighted by molar-refractivity contribution is -0.118. The number of allylic oxidation sites excluding steroid dienone is 1. The van der Waals surface area contributed by atoms with Crippen molar-refractivity contribution in [3.8, 4) is 0 Å². The number of ether oxygens (including phenoxy) is 1. The second kappa shape index (κ2) is 12.0. The Morgan fingerprint density at radius 1 is 1.29 bits per heavy atom. The van der Waals surface area contributed by atoms with Gasteiger partial charge in [0.05, 0.1) is 17.4 Å². The van der Waals surface area contributed by atoms with Crippen LogP contribution in [0.25, 0.3) is 20.3 Å². The van der Waals surface area contributed by atoms with Crippen LogP contribution in [0.3, 0.4) is 0 Å². The van der Waals surface area contributed by atoms with Gasteiger partial charge in [-0.25, -0.2) is 4.98 Å². The molecular formula is C26H33N3O3S2. The molecule has 6 nitrogen and oxygen atoms in total. The predicted octanol–water partition coefficient (Wildman–Crippen LogP) is 5.53. The highest BCUT2D eigenvalue weighted by Crippen LogP contribution is 2.31. The van der Waals surface area contributed by atoms with E-state index in [9.17, 15) is 9.59 Å². The van der Waals surface area contributed by atoms with E-state index in [1.165, 1.54) is 41.5 Å². The Balaban J connectivity index is 1.48. The van der Waals surface area contributed by atoms with Crippen molar-refractivity contribution in [2.75, 3.05) is 18.9 Å². The van der Waals surface area contributed by atoms with Gasteiger partial charge >= 0.3 is 0 Å². The standard InChI is InChI=1S/C26H33N3O3S2/c1-18(2)32-16-8-15-29-25(31)24-23(20-11-6-7-12-21(20)34-24)28-26(29)33-17-22(30)27-14-13-19-9-4-3-5-10-19/h6-7,9,11-12,18H,3-5,8,10,13-17H2,1-2H3,(H,27,30). The van der Waals surface area contributed by atoms with Gasteiger partial charge in [-0.3, -0.25) is 14.2 Å². The van der Waals surface area contributed by atoms with Crippen LogP contribution >= 0.6 is 23.1 Å². The molecule has 1 N–H and O–H groups in total. The fraction of sp³-hybridized carbons (Fsp3) is 0.500. The molecule has 2 aromatic heterocycles. The van der Waals surface area contributed by atoms with E-state index < -0.39 is 0 Å². The Morgan fingerprint density at radius 3 is 2.94 bits per heavy atom. The van der Waals surface area contributed by atoms with Gasteiger partial charge in [0.1, 0.15) is 4.70 Å². The fourth-order valence-corrected chi connectivity index (χ4v) is 6.12. The maximum absolute atomic E-state index is 13.4. The number of aromatic nitrogens is 2. The SMILES string of the molecule is CC(C)OCCCn1c(SCC(=O)NCCC2=CCCCC2)nc2c(sc3ccccc32)c1=O. The van der Waals surface area contributed by atoms with Crippen LogP contribution in [0, 0.1) is 0 Å². The van der Waals surface area contributed by atoms with E-state index in [-0.39, 0.29) is 23.3 Å². The molecule has 1 aliphatic carbocycles. The Labute approximate surface area is 208 Å². The lowest BCUT2D eigenvalue weighted by Crippen LogP contribution is -2.28. The van der Waals surface area contributed by atoms with Crippen LogP contribution in [0.1, 0.15) is 52.4 Å². The fourth-order valence-electron chi connectivity index (χ4n) is 4.18. The summed E-state index contributed by atoms with van der Waals surface area (Å²) in [6, 6.07) is 7.96. The van der Waals surface area contributed by atoms with Crippen LogP contribution < -0.4 is 10.9 Å². The third kappa shape index (κ3) is 6.29. The molecule has 0 atom stereocenters. The van der Waals surface area contributed by atoms with E-state index in [0.29, 0.717) is 36.0 Å². The third-order valence-electron chi connectivity index (χ3n) is 5.91. The van der Waals surface area contributed by atoms with Crippen molar-refractivity contribution in [2.45, 2.75) is 70.2 Å². The van der Waals surface area contributed by atoms with E-state index in [2.05, 4.69) is 11.4 Å². The van der Waals surface area contributed by atoms with E-state index in [4.69, 9.17) is 9.72 Å². The van der Waals surface area contributed by atoms with Gasteiger partial charge in [0.25, 0.3) is 5.56 Å². The number of hydrogen-bond donors (Lipinski definition) is 1. The molecule has 4 rings (SSSR count). The van der Waals surface area contributed by atoms with Gasteiger partial charge in [-0.1, -0.05) is 41.6 Å². The van der Waals surface area contributed by atoms with E-state index in [1.807, 2.05) is 38.1 Å². The smallest absolute Gasteiger partial charge is 0.272 e. The van der Waals surface area contributed by atoms with Crippen LogP contribution in [0.15, 0.2) is 45.9 Å². The van der Waals surface area contributed by atoms with Crippen molar-refractivity contribution in [3.05, 3.63) is 46.3 Å². The molecule has 0 radical (unpaired) electrons. The second-order valence-electron chi connectivity index (χ2n) is 8.90. The van der Waals surface area contributed by atoms with Gasteiger partial charge in [-0.2, -0.15) is 0 Å². The maximum atomic E-state index is 13.4. The lowest BCUT2D eigenvalue weighted by Gasteiger charge is -2.14. The van der Waals surface area contributed by atoms with Crippen LogP contribution in [0.2, 0.25) is 0 Å². The Kier molecular flexibility index (Phi) is 8.80. The molecule has 0 fully saturated rings. The number of nitrogens with zero attached hydrogens (tertiary/aromatic N) is 2. The van der Waals surface area contributed by atoms with Gasteiger partial charge in [-0.05, 0) is 58.4 Å². The number of benzene rings is 1. The number of fused-ring (bicyclic) bond motifs is 3. The molecule has 0 bridgehead atoms. The normalized spacial score (nSPS) is 14.1. The number of rotatable bonds is 11. The summed E-state index contributed by atoms with van der Waals surface area (Å²) < 4.78 is 9.09. The van der Waals surface area contributed by atoms with Crippen LogP contribution in [0.4, 0.5) is 0 Å². The number of thiophene rings is 1. The van der Waals surface area contributed by atoms with Gasteiger partial charge in [0.2, 0.25) is 5.91 Å². The zero-order chi connectivity index (χ0) is 23.9. The highest BCUT2D eigenvalue weighted by Gasteiger charge is 2.17. The number of amides is 1. The van der Waals surface area contributed by atoms with Crippen molar-refractivity contribution in [1.29, 1.82) is 0 Å². The topological polar surface area (TPSA) is 73.2 Å². The number of nitrogens with one attached hydrogen (secondary N) is 1. The van der Waals surface area contributed by atoms with E-state index >= 15 is 0 Å². The molecule has 0 saturated heterocycles. The molecule has 0 spiro atoms. The summed E-state index contributed by atoms with van der Waals surface area (Å²) in [6.07, 6.45) is 8.93. The van der Waals surface area contributed by atoms with Gasteiger partial charge in [0.15, 0.2) is 5.16 Å². The van der Waals surface area contributed by atoms with Crippen LogP contribution in [-0.4, -0.2) is 40.5 Å². The molecule has 0 unspecified atom stereocenters. The van der Waals surface area contributed by atoms with Crippen molar-refractivity contribution in [3.63, 3.8) is 0 Å². The minimum Gasteiger partial charge on any atom is -0.379 e. The Bertz CT molecular complexity index is 1230. The highest BCUT2D eigenvalue weighted by molar-refractivity contribution is 7.99. The summed E-state index contributed by atoms with van der Waals surface area (Å²) in [4.78, 5) is 30.8. The number of carbonyl (C=O) groups excluding carboxylic acids is 1. The summed E-state index contributed by atoms with van der Waals surface area (Å²) in [6.45, 7) is 5.76. The van der Waals surface area contributed by atoms with E-state index in [0.717, 1.165) is 34.9 Å². The van der Waals surface area contributed by atoms with E-state index in [1.54, 1.807) is 4.57 Å². The number of carbonyl (C=O) groups is 1. The summed E-state index contributed by atoms with van der Waals surface area (Å²) in [5, 5.41) is 4.61. The summed E-state index contributed by atoms with van der Waals surface area (Å²) in [5.74, 6) is 0.210. The zero-order valence-corrected chi connectivity index (χ0v) is 21.6. The lowest BCUT2D eigenvalue weighted by atomic mass is 9.97. The molecular weight excluding hydrogens is 466 g/mol. The molecule has 34 heavy (non-hydrogen) atoms. The first-order chi connectivity index (χ1) is 16.5. The first-order valence-electron chi connectivity index (χ1n) is 12.1. The molecule has 0 aliphatic heterocycles. The average Bonchev–Trinajstić information content (AvgIpc) is 3.21. The highest BCUT2D eigenvalue weighted by atomic mass is 32.2.